The van der Waals surface area contributed by atoms with Crippen LogP contribution in [0.1, 0.15) is 36.0 Å². The second-order valence-corrected chi connectivity index (χ2v) is 4.02. The third kappa shape index (κ3) is 2.03. The van der Waals surface area contributed by atoms with Crippen LogP contribution in [0.5, 0.6) is 0 Å². The Morgan fingerprint density at radius 3 is 2.71 bits per heavy atom. The van der Waals surface area contributed by atoms with Gasteiger partial charge in [0.2, 0.25) is 0 Å². The molecule has 2 rings (SSSR count). The fraction of sp³-hybridized carbons (Fsp3) is 0.462. The zero-order valence-electron chi connectivity index (χ0n) is 8.46. The third-order valence-corrected chi connectivity index (χ3v) is 2.96. The van der Waals surface area contributed by atoms with Crippen molar-refractivity contribution in [3.8, 4) is 0 Å². The zero-order chi connectivity index (χ0) is 9.80. The van der Waals surface area contributed by atoms with Crippen molar-refractivity contribution >= 4 is 6.29 Å². The maximum Gasteiger partial charge on any atom is 0.120 e. The number of benzene rings is 1. The SMILES string of the molecule is O=CCCc1ccc2c(c1)CCCC2. The minimum absolute atomic E-state index is 0.652. The predicted molar refractivity (Wildman–Crippen MR) is 57.5 cm³/mol. The molecule has 0 aromatic heterocycles. The minimum Gasteiger partial charge on any atom is -0.303 e. The molecule has 14 heavy (non-hydrogen) atoms. The summed E-state index contributed by atoms with van der Waals surface area (Å²) in [6, 6.07) is 6.71. The lowest BCUT2D eigenvalue weighted by Gasteiger charge is -2.16. The summed E-state index contributed by atoms with van der Waals surface area (Å²) < 4.78 is 0. The highest BCUT2D eigenvalue weighted by Crippen LogP contribution is 2.22. The average molecular weight is 188 g/mol. The van der Waals surface area contributed by atoms with Crippen LogP contribution in [0, 0.1) is 0 Å². The average Bonchev–Trinajstić information content (AvgIpc) is 2.26. The largest absolute Gasteiger partial charge is 0.303 e. The molecule has 0 saturated heterocycles. The molecular formula is C13H16O. The summed E-state index contributed by atoms with van der Waals surface area (Å²) >= 11 is 0. The highest BCUT2D eigenvalue weighted by atomic mass is 16.1. The van der Waals surface area contributed by atoms with Crippen molar-refractivity contribution in [2.75, 3.05) is 0 Å². The van der Waals surface area contributed by atoms with E-state index >= 15 is 0 Å². The van der Waals surface area contributed by atoms with E-state index in [0.717, 1.165) is 12.7 Å². The molecule has 0 radical (unpaired) electrons. The van der Waals surface area contributed by atoms with Gasteiger partial charge in [0, 0.05) is 6.42 Å². The molecule has 0 unspecified atom stereocenters. The molecule has 0 N–H and O–H groups in total. The number of hydrogen-bond donors (Lipinski definition) is 0. The molecule has 1 heteroatoms. The molecule has 1 aromatic carbocycles. The zero-order valence-corrected chi connectivity index (χ0v) is 8.46. The lowest BCUT2D eigenvalue weighted by atomic mass is 9.90. The molecule has 0 heterocycles. The van der Waals surface area contributed by atoms with Gasteiger partial charge in [-0.15, -0.1) is 0 Å². The second-order valence-electron chi connectivity index (χ2n) is 4.02. The van der Waals surface area contributed by atoms with Crippen LogP contribution in [0.3, 0.4) is 0 Å². The van der Waals surface area contributed by atoms with Gasteiger partial charge in [-0.3, -0.25) is 0 Å². The standard InChI is InChI=1S/C13H16O/c14-9-3-4-11-7-8-12-5-1-2-6-13(12)10-11/h7-10H,1-6H2. The highest BCUT2D eigenvalue weighted by Gasteiger charge is 2.08. The van der Waals surface area contributed by atoms with E-state index in [0.29, 0.717) is 6.42 Å². The van der Waals surface area contributed by atoms with Crippen molar-refractivity contribution < 1.29 is 4.79 Å². The lowest BCUT2D eigenvalue weighted by Crippen LogP contribution is -2.03. The fourth-order valence-corrected chi connectivity index (χ4v) is 2.17. The molecule has 74 valence electrons. The van der Waals surface area contributed by atoms with E-state index in [2.05, 4.69) is 18.2 Å². The van der Waals surface area contributed by atoms with Crippen LogP contribution in [0.4, 0.5) is 0 Å². The molecule has 1 aromatic rings. The number of hydrogen-bond acceptors (Lipinski definition) is 1. The molecule has 1 aliphatic rings. The molecule has 0 saturated carbocycles. The van der Waals surface area contributed by atoms with Crippen LogP contribution in [0.25, 0.3) is 0 Å². The second kappa shape index (κ2) is 4.41. The van der Waals surface area contributed by atoms with Gasteiger partial charge in [-0.2, -0.15) is 0 Å². The van der Waals surface area contributed by atoms with Gasteiger partial charge < -0.3 is 4.79 Å². The number of carbonyl (C=O) groups is 1. The van der Waals surface area contributed by atoms with E-state index in [1.807, 2.05) is 0 Å². The molecule has 0 bridgehead atoms. The van der Waals surface area contributed by atoms with E-state index in [-0.39, 0.29) is 0 Å². The maximum atomic E-state index is 10.3. The van der Waals surface area contributed by atoms with Gasteiger partial charge in [0.15, 0.2) is 0 Å². The maximum absolute atomic E-state index is 10.3. The topological polar surface area (TPSA) is 17.1 Å². The first-order chi connectivity index (χ1) is 6.90. The molecule has 0 atom stereocenters. The molecular weight excluding hydrogens is 172 g/mol. The van der Waals surface area contributed by atoms with E-state index in [9.17, 15) is 4.79 Å². The molecule has 0 fully saturated rings. The van der Waals surface area contributed by atoms with Crippen LogP contribution >= 0.6 is 0 Å². The molecule has 0 amide bonds. The minimum atomic E-state index is 0.652. The van der Waals surface area contributed by atoms with Crippen molar-refractivity contribution in [1.82, 2.24) is 0 Å². The quantitative estimate of drug-likeness (QED) is 0.666. The molecule has 1 aliphatic carbocycles. The van der Waals surface area contributed by atoms with Crippen LogP contribution in [-0.2, 0) is 24.1 Å². The van der Waals surface area contributed by atoms with Crippen LogP contribution in [-0.4, -0.2) is 6.29 Å². The Morgan fingerprint density at radius 1 is 1.14 bits per heavy atom. The Hall–Kier alpha value is -1.11. The first-order valence-corrected chi connectivity index (χ1v) is 5.44. The lowest BCUT2D eigenvalue weighted by molar-refractivity contribution is -0.107. The first-order valence-electron chi connectivity index (χ1n) is 5.44. The van der Waals surface area contributed by atoms with E-state index in [4.69, 9.17) is 0 Å². The number of aryl methyl sites for hydroxylation is 3. The number of carbonyl (C=O) groups excluding carboxylic acids is 1. The van der Waals surface area contributed by atoms with Crippen molar-refractivity contribution in [1.29, 1.82) is 0 Å². The van der Waals surface area contributed by atoms with Gasteiger partial charge in [-0.05, 0) is 48.8 Å². The summed E-state index contributed by atoms with van der Waals surface area (Å²) in [6.07, 6.45) is 7.67. The van der Waals surface area contributed by atoms with Gasteiger partial charge in [0.05, 0.1) is 0 Å². The van der Waals surface area contributed by atoms with Gasteiger partial charge >= 0.3 is 0 Å². The number of fused-ring (bicyclic) bond motifs is 1. The Balaban J connectivity index is 2.16. The van der Waals surface area contributed by atoms with E-state index in [1.54, 1.807) is 0 Å². The summed E-state index contributed by atoms with van der Waals surface area (Å²) in [7, 11) is 0. The summed E-state index contributed by atoms with van der Waals surface area (Å²) in [6.45, 7) is 0. The van der Waals surface area contributed by atoms with Crippen molar-refractivity contribution in [3.63, 3.8) is 0 Å². The summed E-state index contributed by atoms with van der Waals surface area (Å²) in [4.78, 5) is 10.3. The Labute approximate surface area is 85.1 Å². The Morgan fingerprint density at radius 2 is 1.93 bits per heavy atom. The van der Waals surface area contributed by atoms with Crippen molar-refractivity contribution in [2.45, 2.75) is 38.5 Å². The monoisotopic (exact) mass is 188 g/mol. The smallest absolute Gasteiger partial charge is 0.120 e. The molecule has 0 aliphatic heterocycles. The van der Waals surface area contributed by atoms with Crippen LogP contribution < -0.4 is 0 Å². The van der Waals surface area contributed by atoms with Gasteiger partial charge in [-0.1, -0.05) is 18.2 Å². The molecule has 1 nitrogen and oxygen atoms in total. The Kier molecular flexibility index (Phi) is 2.97. The van der Waals surface area contributed by atoms with Gasteiger partial charge in [0.1, 0.15) is 6.29 Å². The summed E-state index contributed by atoms with van der Waals surface area (Å²) in [5.74, 6) is 0. The molecule has 0 spiro atoms. The van der Waals surface area contributed by atoms with Gasteiger partial charge in [0.25, 0.3) is 0 Å². The van der Waals surface area contributed by atoms with E-state index < -0.39 is 0 Å². The summed E-state index contributed by atoms with van der Waals surface area (Å²) in [5.41, 5.74) is 4.35. The third-order valence-electron chi connectivity index (χ3n) is 2.96. The van der Waals surface area contributed by atoms with E-state index in [1.165, 1.54) is 42.4 Å². The van der Waals surface area contributed by atoms with Gasteiger partial charge in [-0.25, -0.2) is 0 Å². The normalized spacial score (nSPS) is 14.9. The fourth-order valence-electron chi connectivity index (χ4n) is 2.17. The van der Waals surface area contributed by atoms with Crippen molar-refractivity contribution in [3.05, 3.63) is 34.9 Å². The first kappa shape index (κ1) is 9.45. The highest BCUT2D eigenvalue weighted by molar-refractivity contribution is 5.50. The van der Waals surface area contributed by atoms with Crippen molar-refractivity contribution in [2.24, 2.45) is 0 Å². The predicted octanol–water partition coefficient (Wildman–Crippen LogP) is 2.70. The Bertz CT molecular complexity index is 328. The summed E-state index contributed by atoms with van der Waals surface area (Å²) in [5, 5.41) is 0. The number of aldehydes is 1. The number of rotatable bonds is 3. The van der Waals surface area contributed by atoms with Crippen LogP contribution in [0.15, 0.2) is 18.2 Å². The van der Waals surface area contributed by atoms with Crippen LogP contribution in [0.2, 0.25) is 0 Å².